The van der Waals surface area contributed by atoms with Crippen LogP contribution in [0, 0.1) is 0 Å². The summed E-state index contributed by atoms with van der Waals surface area (Å²) >= 11 is 12.5. The van der Waals surface area contributed by atoms with E-state index >= 15 is 0 Å². The second-order valence-corrected chi connectivity index (χ2v) is 7.77. The van der Waals surface area contributed by atoms with E-state index in [4.69, 9.17) is 23.2 Å². The standard InChI is InChI=1S/C20H14Cl2N4O2/c21-12-5-6-16-13(7-12)20(19(28)24-16)8-17(27)25-18-14(20)9-23-26(18)10-11-3-1-2-4-15(11)22/h1-7,9H,8,10H2,(H,24,28)(H,25,27)/t20-/m1/s1. The Balaban J connectivity index is 1.67. The third kappa shape index (κ3) is 2.38. The number of nitrogens with zero attached hydrogens (tertiary/aromatic N) is 2. The highest BCUT2D eigenvalue weighted by atomic mass is 35.5. The quantitative estimate of drug-likeness (QED) is 0.671. The number of hydrogen-bond donors (Lipinski definition) is 2. The number of amides is 2. The predicted octanol–water partition coefficient (Wildman–Crippen LogP) is 3.82. The van der Waals surface area contributed by atoms with Gasteiger partial charge in [0.2, 0.25) is 11.8 Å². The highest BCUT2D eigenvalue weighted by molar-refractivity contribution is 6.31. The normalized spacial score (nSPS) is 19.9. The van der Waals surface area contributed by atoms with E-state index in [0.29, 0.717) is 39.2 Å². The lowest BCUT2D eigenvalue weighted by molar-refractivity contribution is -0.125. The first-order valence-corrected chi connectivity index (χ1v) is 9.45. The Hall–Kier alpha value is -2.83. The molecule has 0 bridgehead atoms. The van der Waals surface area contributed by atoms with Crippen LogP contribution >= 0.6 is 23.2 Å². The maximum Gasteiger partial charge on any atom is 0.240 e. The number of aromatic nitrogens is 2. The predicted molar refractivity (Wildman–Crippen MR) is 107 cm³/mol. The van der Waals surface area contributed by atoms with E-state index in [-0.39, 0.29) is 18.2 Å². The number of nitrogens with one attached hydrogen (secondary N) is 2. The molecule has 3 aromatic rings. The summed E-state index contributed by atoms with van der Waals surface area (Å²) in [5.41, 5.74) is 1.73. The molecule has 3 heterocycles. The maximum atomic E-state index is 13.1. The van der Waals surface area contributed by atoms with Crippen LogP contribution in [0.1, 0.15) is 23.1 Å². The van der Waals surface area contributed by atoms with Crippen molar-refractivity contribution >= 4 is 46.5 Å². The molecule has 2 aliphatic heterocycles. The van der Waals surface area contributed by atoms with E-state index in [1.165, 1.54) is 0 Å². The summed E-state index contributed by atoms with van der Waals surface area (Å²) in [6.45, 7) is 0.370. The fourth-order valence-electron chi connectivity index (χ4n) is 4.02. The largest absolute Gasteiger partial charge is 0.325 e. The van der Waals surface area contributed by atoms with Crippen molar-refractivity contribution < 1.29 is 9.59 Å². The smallest absolute Gasteiger partial charge is 0.240 e. The van der Waals surface area contributed by atoms with Gasteiger partial charge in [-0.25, -0.2) is 4.68 Å². The Morgan fingerprint density at radius 2 is 1.89 bits per heavy atom. The molecule has 2 N–H and O–H groups in total. The minimum atomic E-state index is -1.14. The monoisotopic (exact) mass is 412 g/mol. The molecule has 1 spiro atoms. The van der Waals surface area contributed by atoms with Crippen LogP contribution in [0.25, 0.3) is 0 Å². The fraction of sp³-hybridized carbons (Fsp3) is 0.150. The van der Waals surface area contributed by atoms with E-state index in [1.807, 2.05) is 18.2 Å². The van der Waals surface area contributed by atoms with Gasteiger partial charge in [-0.2, -0.15) is 5.10 Å². The molecular weight excluding hydrogens is 399 g/mol. The van der Waals surface area contributed by atoms with Crippen molar-refractivity contribution in [3.05, 3.63) is 75.4 Å². The van der Waals surface area contributed by atoms with Crippen LogP contribution in [0.2, 0.25) is 10.0 Å². The first-order valence-electron chi connectivity index (χ1n) is 8.70. The molecule has 5 rings (SSSR count). The van der Waals surface area contributed by atoms with Gasteiger partial charge >= 0.3 is 0 Å². The lowest BCUT2D eigenvalue weighted by Crippen LogP contribution is -2.43. The van der Waals surface area contributed by atoms with Gasteiger partial charge in [-0.1, -0.05) is 41.4 Å². The highest BCUT2D eigenvalue weighted by Crippen LogP contribution is 2.50. The van der Waals surface area contributed by atoms with Gasteiger partial charge < -0.3 is 10.6 Å². The van der Waals surface area contributed by atoms with Gasteiger partial charge in [0.25, 0.3) is 0 Å². The summed E-state index contributed by atoms with van der Waals surface area (Å²) in [4.78, 5) is 25.7. The van der Waals surface area contributed by atoms with Gasteiger partial charge in [-0.05, 0) is 35.4 Å². The van der Waals surface area contributed by atoms with Crippen molar-refractivity contribution in [1.29, 1.82) is 0 Å². The van der Waals surface area contributed by atoms with Crippen LogP contribution in [0.4, 0.5) is 11.5 Å². The van der Waals surface area contributed by atoms with E-state index in [0.717, 1.165) is 5.56 Å². The molecule has 8 heteroatoms. The van der Waals surface area contributed by atoms with Crippen LogP contribution in [-0.2, 0) is 21.5 Å². The molecular formula is C20H14Cl2N4O2. The number of halogens is 2. The van der Waals surface area contributed by atoms with Crippen LogP contribution < -0.4 is 10.6 Å². The Bertz CT molecular complexity index is 1160. The zero-order valence-corrected chi connectivity index (χ0v) is 16.0. The van der Waals surface area contributed by atoms with Gasteiger partial charge in [0, 0.05) is 27.7 Å². The number of hydrogen-bond acceptors (Lipinski definition) is 3. The van der Waals surface area contributed by atoms with Crippen molar-refractivity contribution in [2.24, 2.45) is 0 Å². The van der Waals surface area contributed by atoms with Crippen molar-refractivity contribution in [1.82, 2.24) is 9.78 Å². The van der Waals surface area contributed by atoms with Gasteiger partial charge in [-0.3, -0.25) is 9.59 Å². The lowest BCUT2D eigenvalue weighted by atomic mass is 9.72. The molecule has 1 aromatic heterocycles. The molecule has 28 heavy (non-hydrogen) atoms. The number of benzene rings is 2. The molecule has 140 valence electrons. The van der Waals surface area contributed by atoms with Crippen molar-refractivity contribution in [2.75, 3.05) is 10.6 Å². The molecule has 0 radical (unpaired) electrons. The van der Waals surface area contributed by atoms with Crippen molar-refractivity contribution in [2.45, 2.75) is 18.4 Å². The van der Waals surface area contributed by atoms with E-state index in [9.17, 15) is 9.59 Å². The summed E-state index contributed by atoms with van der Waals surface area (Å²) in [6.07, 6.45) is 1.64. The molecule has 0 aliphatic carbocycles. The van der Waals surface area contributed by atoms with E-state index in [1.54, 1.807) is 35.1 Å². The van der Waals surface area contributed by atoms with Gasteiger partial charge in [0.1, 0.15) is 11.2 Å². The maximum absolute atomic E-state index is 13.1. The topological polar surface area (TPSA) is 76.0 Å². The van der Waals surface area contributed by atoms with Crippen LogP contribution in [-0.4, -0.2) is 21.6 Å². The molecule has 2 aromatic carbocycles. The second kappa shape index (κ2) is 6.09. The zero-order chi connectivity index (χ0) is 19.5. The number of rotatable bonds is 2. The van der Waals surface area contributed by atoms with Gasteiger partial charge in [-0.15, -0.1) is 0 Å². The van der Waals surface area contributed by atoms with Crippen molar-refractivity contribution in [3.8, 4) is 0 Å². The second-order valence-electron chi connectivity index (χ2n) is 6.93. The zero-order valence-electron chi connectivity index (χ0n) is 14.5. The molecule has 2 aliphatic rings. The highest BCUT2D eigenvalue weighted by Gasteiger charge is 2.54. The average molecular weight is 413 g/mol. The third-order valence-electron chi connectivity index (χ3n) is 5.34. The van der Waals surface area contributed by atoms with Crippen LogP contribution in [0.15, 0.2) is 48.7 Å². The summed E-state index contributed by atoms with van der Waals surface area (Å²) in [5.74, 6) is -0.00584. The molecule has 0 saturated carbocycles. The van der Waals surface area contributed by atoms with Crippen molar-refractivity contribution in [3.63, 3.8) is 0 Å². The van der Waals surface area contributed by atoms with Crippen LogP contribution in [0.5, 0.6) is 0 Å². The van der Waals surface area contributed by atoms with Crippen LogP contribution in [0.3, 0.4) is 0 Å². The molecule has 2 amide bonds. The van der Waals surface area contributed by atoms with E-state index < -0.39 is 5.41 Å². The Morgan fingerprint density at radius 1 is 1.07 bits per heavy atom. The molecule has 0 unspecified atom stereocenters. The summed E-state index contributed by atoms with van der Waals surface area (Å²) < 4.78 is 1.66. The van der Waals surface area contributed by atoms with E-state index in [2.05, 4.69) is 15.7 Å². The molecule has 0 saturated heterocycles. The van der Waals surface area contributed by atoms with Gasteiger partial charge in [0.15, 0.2) is 0 Å². The SMILES string of the molecule is O=C1C[C@]2(C(=O)Nc3ccc(Cl)cc32)c2cnn(Cc3ccccc3Cl)c2N1. The summed E-state index contributed by atoms with van der Waals surface area (Å²) in [6, 6.07) is 12.6. The number of carbonyl (C=O) groups is 2. The third-order valence-corrected chi connectivity index (χ3v) is 5.94. The molecule has 1 atom stereocenters. The minimum absolute atomic E-state index is 0.00301. The number of anilines is 2. The number of carbonyl (C=O) groups excluding carboxylic acids is 2. The molecule has 0 fully saturated rings. The number of fused-ring (bicyclic) bond motifs is 4. The first kappa shape index (κ1) is 17.3. The summed E-state index contributed by atoms with van der Waals surface area (Å²) in [5, 5.41) is 11.3. The fourth-order valence-corrected chi connectivity index (χ4v) is 4.39. The first-order chi connectivity index (χ1) is 13.5. The average Bonchev–Trinajstić information content (AvgIpc) is 3.18. The Kier molecular flexibility index (Phi) is 3.76. The Labute approximate surface area is 170 Å². The minimum Gasteiger partial charge on any atom is -0.325 e. The summed E-state index contributed by atoms with van der Waals surface area (Å²) in [7, 11) is 0. The van der Waals surface area contributed by atoms with Gasteiger partial charge in [0.05, 0.1) is 12.7 Å². The molecule has 6 nitrogen and oxygen atoms in total. The lowest BCUT2D eigenvalue weighted by Gasteiger charge is -2.31. The Morgan fingerprint density at radius 3 is 2.71 bits per heavy atom.